The molecule has 0 aromatic heterocycles. The first-order chi connectivity index (χ1) is 9.67. The van der Waals surface area contributed by atoms with Gasteiger partial charge in [0.25, 0.3) is 0 Å². The molecule has 2 amide bonds. The minimum absolute atomic E-state index is 0.0184. The van der Waals surface area contributed by atoms with Crippen molar-refractivity contribution in [3.63, 3.8) is 0 Å². The molecule has 6 heteroatoms. The standard InChI is InChI=1S/C15H26N2O4/c1-11(18)5-6-13(19)16-12-7-9-17(10-8-12)14(20)21-15(2,3)4/h12H,5-10H2,1-4H3,(H,16,19). The third kappa shape index (κ3) is 7.11. The van der Waals surface area contributed by atoms with E-state index in [1.54, 1.807) is 4.90 Å². The number of rotatable bonds is 4. The van der Waals surface area contributed by atoms with E-state index in [0.717, 1.165) is 0 Å². The second-order valence-electron chi connectivity index (χ2n) is 6.51. The van der Waals surface area contributed by atoms with Crippen LogP contribution < -0.4 is 5.32 Å². The molecule has 0 aliphatic carbocycles. The van der Waals surface area contributed by atoms with Crippen molar-refractivity contribution in [1.82, 2.24) is 10.2 Å². The fraction of sp³-hybridized carbons (Fsp3) is 0.800. The molecule has 1 fully saturated rings. The van der Waals surface area contributed by atoms with Gasteiger partial charge in [0, 0.05) is 32.0 Å². The minimum Gasteiger partial charge on any atom is -0.444 e. The van der Waals surface area contributed by atoms with Gasteiger partial charge in [-0.25, -0.2) is 4.79 Å². The number of nitrogens with zero attached hydrogens (tertiary/aromatic N) is 1. The van der Waals surface area contributed by atoms with Crippen molar-refractivity contribution in [1.29, 1.82) is 0 Å². The lowest BCUT2D eigenvalue weighted by Gasteiger charge is -2.33. The van der Waals surface area contributed by atoms with E-state index in [2.05, 4.69) is 5.32 Å². The van der Waals surface area contributed by atoms with Gasteiger partial charge in [-0.1, -0.05) is 0 Å². The molecule has 1 aliphatic heterocycles. The molecule has 0 saturated carbocycles. The maximum Gasteiger partial charge on any atom is 0.410 e. The van der Waals surface area contributed by atoms with Crippen LogP contribution in [0.15, 0.2) is 0 Å². The van der Waals surface area contributed by atoms with Gasteiger partial charge in [-0.2, -0.15) is 0 Å². The number of amides is 2. The molecule has 1 heterocycles. The van der Waals surface area contributed by atoms with Gasteiger partial charge in [0.15, 0.2) is 0 Å². The zero-order valence-corrected chi connectivity index (χ0v) is 13.4. The van der Waals surface area contributed by atoms with Crippen molar-refractivity contribution in [3.05, 3.63) is 0 Å². The number of likely N-dealkylation sites (tertiary alicyclic amines) is 1. The Morgan fingerprint density at radius 1 is 1.14 bits per heavy atom. The number of hydrogen-bond acceptors (Lipinski definition) is 4. The molecule has 1 saturated heterocycles. The van der Waals surface area contributed by atoms with E-state index in [1.807, 2.05) is 20.8 Å². The van der Waals surface area contributed by atoms with E-state index in [9.17, 15) is 14.4 Å². The van der Waals surface area contributed by atoms with Crippen LogP contribution in [-0.4, -0.2) is 47.4 Å². The summed E-state index contributed by atoms with van der Waals surface area (Å²) in [6.45, 7) is 8.15. The lowest BCUT2D eigenvalue weighted by atomic mass is 10.0. The molecule has 0 bridgehead atoms. The van der Waals surface area contributed by atoms with Crippen LogP contribution >= 0.6 is 0 Å². The van der Waals surface area contributed by atoms with Crippen LogP contribution in [0.2, 0.25) is 0 Å². The third-order valence-electron chi connectivity index (χ3n) is 3.22. The van der Waals surface area contributed by atoms with Crippen LogP contribution in [0.5, 0.6) is 0 Å². The fourth-order valence-corrected chi connectivity index (χ4v) is 2.12. The smallest absolute Gasteiger partial charge is 0.410 e. The SMILES string of the molecule is CC(=O)CCC(=O)NC1CCN(C(=O)OC(C)(C)C)CC1. The van der Waals surface area contributed by atoms with Crippen LogP contribution in [0.25, 0.3) is 0 Å². The van der Waals surface area contributed by atoms with Gasteiger partial charge in [0.2, 0.25) is 5.91 Å². The maximum atomic E-state index is 11.9. The number of carbonyl (C=O) groups excluding carboxylic acids is 3. The summed E-state index contributed by atoms with van der Waals surface area (Å²) in [6, 6.07) is 0.0724. The molecule has 1 rings (SSSR count). The Balaban J connectivity index is 2.30. The molecule has 1 aliphatic rings. The Morgan fingerprint density at radius 2 is 1.71 bits per heavy atom. The zero-order valence-electron chi connectivity index (χ0n) is 13.4. The zero-order chi connectivity index (χ0) is 16.0. The van der Waals surface area contributed by atoms with Crippen molar-refractivity contribution in [2.24, 2.45) is 0 Å². The summed E-state index contributed by atoms with van der Waals surface area (Å²) in [5, 5.41) is 2.91. The molecular weight excluding hydrogens is 272 g/mol. The first-order valence-corrected chi connectivity index (χ1v) is 7.44. The van der Waals surface area contributed by atoms with E-state index in [0.29, 0.717) is 25.9 Å². The quantitative estimate of drug-likeness (QED) is 0.859. The van der Waals surface area contributed by atoms with E-state index in [4.69, 9.17) is 4.74 Å². The molecule has 0 unspecified atom stereocenters. The van der Waals surface area contributed by atoms with Gasteiger partial charge >= 0.3 is 6.09 Å². The van der Waals surface area contributed by atoms with Gasteiger partial charge in [0.1, 0.15) is 11.4 Å². The van der Waals surface area contributed by atoms with Crippen LogP contribution in [0, 0.1) is 0 Å². The average Bonchev–Trinajstić information content (AvgIpc) is 2.35. The summed E-state index contributed by atoms with van der Waals surface area (Å²) in [5.74, 6) is -0.0780. The van der Waals surface area contributed by atoms with Crippen molar-refractivity contribution in [2.45, 2.75) is 65.0 Å². The van der Waals surface area contributed by atoms with Gasteiger partial charge in [-0.05, 0) is 40.5 Å². The van der Waals surface area contributed by atoms with Crippen LogP contribution in [0.3, 0.4) is 0 Å². The summed E-state index contributed by atoms with van der Waals surface area (Å²) in [4.78, 5) is 36.1. The van der Waals surface area contributed by atoms with E-state index >= 15 is 0 Å². The minimum atomic E-state index is -0.491. The molecule has 0 aromatic carbocycles. The monoisotopic (exact) mass is 298 g/mol. The lowest BCUT2D eigenvalue weighted by Crippen LogP contribution is -2.47. The van der Waals surface area contributed by atoms with Crippen molar-refractivity contribution < 1.29 is 19.1 Å². The highest BCUT2D eigenvalue weighted by atomic mass is 16.6. The Hall–Kier alpha value is -1.59. The largest absolute Gasteiger partial charge is 0.444 e. The number of carbonyl (C=O) groups is 3. The van der Waals surface area contributed by atoms with Gasteiger partial charge in [0.05, 0.1) is 0 Å². The van der Waals surface area contributed by atoms with E-state index in [1.165, 1.54) is 6.92 Å². The van der Waals surface area contributed by atoms with Gasteiger partial charge in [-0.15, -0.1) is 0 Å². The Kier molecular flexibility index (Phi) is 6.18. The number of piperidine rings is 1. The topological polar surface area (TPSA) is 75.7 Å². The summed E-state index contributed by atoms with van der Waals surface area (Å²) in [7, 11) is 0. The van der Waals surface area contributed by atoms with Crippen LogP contribution in [0.1, 0.15) is 53.4 Å². The molecule has 0 spiro atoms. The first-order valence-electron chi connectivity index (χ1n) is 7.44. The summed E-state index contributed by atoms with van der Waals surface area (Å²) >= 11 is 0. The second-order valence-corrected chi connectivity index (χ2v) is 6.51. The molecule has 1 N–H and O–H groups in total. The normalized spacial score (nSPS) is 16.5. The number of ether oxygens (including phenoxy) is 1. The van der Waals surface area contributed by atoms with Crippen molar-refractivity contribution >= 4 is 17.8 Å². The van der Waals surface area contributed by atoms with Gasteiger partial charge < -0.3 is 19.7 Å². The summed E-state index contributed by atoms with van der Waals surface area (Å²) < 4.78 is 5.32. The highest BCUT2D eigenvalue weighted by Gasteiger charge is 2.27. The number of hydrogen-bond donors (Lipinski definition) is 1. The predicted molar refractivity (Wildman–Crippen MR) is 78.9 cm³/mol. The predicted octanol–water partition coefficient (Wildman–Crippen LogP) is 1.87. The number of Topliss-reactive ketones (excluding diaryl/α,β-unsaturated/α-hetero) is 1. The average molecular weight is 298 g/mol. The second kappa shape index (κ2) is 7.43. The third-order valence-corrected chi connectivity index (χ3v) is 3.22. The molecule has 120 valence electrons. The molecule has 0 radical (unpaired) electrons. The Morgan fingerprint density at radius 3 is 2.19 bits per heavy atom. The summed E-state index contributed by atoms with van der Waals surface area (Å²) in [6.07, 6.45) is 1.64. The Labute approximate surface area is 126 Å². The molecule has 21 heavy (non-hydrogen) atoms. The maximum absolute atomic E-state index is 11.9. The lowest BCUT2D eigenvalue weighted by molar-refractivity contribution is -0.125. The molecular formula is C15H26N2O4. The number of nitrogens with one attached hydrogen (secondary N) is 1. The molecule has 0 aromatic rings. The van der Waals surface area contributed by atoms with Crippen molar-refractivity contribution in [2.75, 3.05) is 13.1 Å². The van der Waals surface area contributed by atoms with Crippen LogP contribution in [0.4, 0.5) is 4.79 Å². The molecule has 6 nitrogen and oxygen atoms in total. The van der Waals surface area contributed by atoms with E-state index in [-0.39, 0.29) is 36.7 Å². The highest BCUT2D eigenvalue weighted by molar-refractivity contribution is 5.83. The van der Waals surface area contributed by atoms with Crippen LogP contribution in [-0.2, 0) is 14.3 Å². The summed E-state index contributed by atoms with van der Waals surface area (Å²) in [5.41, 5.74) is -0.491. The first kappa shape index (κ1) is 17.5. The fourth-order valence-electron chi connectivity index (χ4n) is 2.12. The Bertz CT molecular complexity index is 393. The highest BCUT2D eigenvalue weighted by Crippen LogP contribution is 2.15. The van der Waals surface area contributed by atoms with Crippen molar-refractivity contribution in [3.8, 4) is 0 Å². The van der Waals surface area contributed by atoms with E-state index < -0.39 is 5.60 Å². The molecule has 0 atom stereocenters. The van der Waals surface area contributed by atoms with Gasteiger partial charge in [-0.3, -0.25) is 4.79 Å². The number of ketones is 1.